The smallest absolute Gasteiger partial charge is 0.0347 e. The van der Waals surface area contributed by atoms with Gasteiger partial charge in [0.1, 0.15) is 0 Å². The van der Waals surface area contributed by atoms with Gasteiger partial charge in [0, 0.05) is 31.5 Å². The van der Waals surface area contributed by atoms with Crippen LogP contribution in [0, 0.1) is 0 Å². The van der Waals surface area contributed by atoms with E-state index in [4.69, 9.17) is 0 Å². The SMILES string of the molecule is CCN(CC)CCn1ccc(C(C)NC)c1. The molecule has 0 amide bonds. The van der Waals surface area contributed by atoms with Crippen molar-refractivity contribution >= 4 is 0 Å². The largest absolute Gasteiger partial charge is 0.353 e. The molecule has 1 N–H and O–H groups in total. The highest BCUT2D eigenvalue weighted by atomic mass is 15.1. The lowest BCUT2D eigenvalue weighted by Gasteiger charge is -2.18. The first kappa shape index (κ1) is 13.3. The molecular formula is C13H25N3. The second kappa shape index (κ2) is 6.71. The van der Waals surface area contributed by atoms with Crippen molar-refractivity contribution in [2.45, 2.75) is 33.4 Å². The van der Waals surface area contributed by atoms with Crippen molar-refractivity contribution in [3.8, 4) is 0 Å². The van der Waals surface area contributed by atoms with Gasteiger partial charge in [-0.2, -0.15) is 0 Å². The van der Waals surface area contributed by atoms with Crippen LogP contribution in [-0.2, 0) is 6.54 Å². The van der Waals surface area contributed by atoms with Crippen LogP contribution in [-0.4, -0.2) is 36.1 Å². The number of hydrogen-bond acceptors (Lipinski definition) is 2. The van der Waals surface area contributed by atoms with Crippen LogP contribution in [0.1, 0.15) is 32.4 Å². The van der Waals surface area contributed by atoms with Crippen LogP contribution in [0.3, 0.4) is 0 Å². The molecule has 0 aliphatic rings. The fourth-order valence-electron chi connectivity index (χ4n) is 1.82. The zero-order chi connectivity index (χ0) is 12.0. The molecule has 0 aliphatic carbocycles. The molecule has 1 heterocycles. The van der Waals surface area contributed by atoms with Gasteiger partial charge in [0.15, 0.2) is 0 Å². The zero-order valence-corrected chi connectivity index (χ0v) is 11.0. The highest BCUT2D eigenvalue weighted by Crippen LogP contribution is 2.11. The summed E-state index contributed by atoms with van der Waals surface area (Å²) in [7, 11) is 2.00. The molecule has 0 spiro atoms. The van der Waals surface area contributed by atoms with E-state index in [9.17, 15) is 0 Å². The Kier molecular flexibility index (Phi) is 5.56. The Hall–Kier alpha value is -0.800. The summed E-state index contributed by atoms with van der Waals surface area (Å²) in [6.07, 6.45) is 4.41. The third kappa shape index (κ3) is 3.65. The van der Waals surface area contributed by atoms with Crippen molar-refractivity contribution in [3.63, 3.8) is 0 Å². The standard InChI is InChI=1S/C13H25N3/c1-5-15(6-2)9-10-16-8-7-13(11-16)12(3)14-4/h7-8,11-12,14H,5-6,9-10H2,1-4H3. The quantitative estimate of drug-likeness (QED) is 0.764. The number of nitrogens with one attached hydrogen (secondary N) is 1. The van der Waals surface area contributed by atoms with E-state index in [-0.39, 0.29) is 0 Å². The van der Waals surface area contributed by atoms with E-state index in [1.807, 2.05) is 7.05 Å². The molecule has 0 aliphatic heterocycles. The van der Waals surface area contributed by atoms with Gasteiger partial charge in [-0.25, -0.2) is 0 Å². The third-order valence-corrected chi connectivity index (χ3v) is 3.28. The van der Waals surface area contributed by atoms with Gasteiger partial charge in [0.2, 0.25) is 0 Å². The topological polar surface area (TPSA) is 20.2 Å². The molecule has 0 radical (unpaired) electrons. The fraction of sp³-hybridized carbons (Fsp3) is 0.692. The summed E-state index contributed by atoms with van der Waals surface area (Å²) in [4.78, 5) is 2.45. The molecule has 1 aromatic heterocycles. The van der Waals surface area contributed by atoms with Gasteiger partial charge >= 0.3 is 0 Å². The molecule has 0 fully saturated rings. The summed E-state index contributed by atoms with van der Waals surface area (Å²) < 4.78 is 2.28. The second-order valence-corrected chi connectivity index (χ2v) is 4.22. The number of likely N-dealkylation sites (N-methyl/N-ethyl adjacent to an activating group) is 1. The van der Waals surface area contributed by atoms with Gasteiger partial charge in [-0.15, -0.1) is 0 Å². The average Bonchev–Trinajstić information content (AvgIpc) is 2.78. The summed E-state index contributed by atoms with van der Waals surface area (Å²) in [6, 6.07) is 2.64. The Morgan fingerprint density at radius 1 is 1.38 bits per heavy atom. The highest BCUT2D eigenvalue weighted by Gasteiger charge is 2.04. The van der Waals surface area contributed by atoms with Gasteiger partial charge in [-0.1, -0.05) is 13.8 Å². The molecule has 3 heteroatoms. The molecule has 92 valence electrons. The van der Waals surface area contributed by atoms with Crippen molar-refractivity contribution < 1.29 is 0 Å². The maximum atomic E-state index is 3.26. The van der Waals surface area contributed by atoms with E-state index < -0.39 is 0 Å². The van der Waals surface area contributed by atoms with Crippen LogP contribution in [0.2, 0.25) is 0 Å². The molecule has 1 atom stereocenters. The van der Waals surface area contributed by atoms with Crippen LogP contribution >= 0.6 is 0 Å². The molecule has 3 nitrogen and oxygen atoms in total. The van der Waals surface area contributed by atoms with Crippen LogP contribution in [0.25, 0.3) is 0 Å². The van der Waals surface area contributed by atoms with E-state index in [0.29, 0.717) is 6.04 Å². The van der Waals surface area contributed by atoms with E-state index >= 15 is 0 Å². The minimum Gasteiger partial charge on any atom is -0.353 e. The van der Waals surface area contributed by atoms with E-state index in [2.05, 4.69) is 54.0 Å². The van der Waals surface area contributed by atoms with Crippen molar-refractivity contribution in [1.29, 1.82) is 0 Å². The predicted octanol–water partition coefficient (Wildman–Crippen LogP) is 2.11. The van der Waals surface area contributed by atoms with Gasteiger partial charge in [-0.3, -0.25) is 0 Å². The van der Waals surface area contributed by atoms with Gasteiger partial charge in [0.05, 0.1) is 0 Å². The van der Waals surface area contributed by atoms with E-state index in [1.54, 1.807) is 0 Å². The molecule has 1 aromatic rings. The Morgan fingerprint density at radius 2 is 2.06 bits per heavy atom. The highest BCUT2D eigenvalue weighted by molar-refractivity contribution is 5.14. The van der Waals surface area contributed by atoms with Crippen LogP contribution in [0.4, 0.5) is 0 Å². The number of nitrogens with zero attached hydrogens (tertiary/aromatic N) is 2. The molecule has 1 unspecified atom stereocenters. The third-order valence-electron chi connectivity index (χ3n) is 3.28. The van der Waals surface area contributed by atoms with Crippen molar-refractivity contribution in [3.05, 3.63) is 24.0 Å². The van der Waals surface area contributed by atoms with Crippen molar-refractivity contribution in [2.24, 2.45) is 0 Å². The zero-order valence-electron chi connectivity index (χ0n) is 11.0. The molecule has 0 aromatic carbocycles. The Balaban J connectivity index is 2.46. The first-order valence-corrected chi connectivity index (χ1v) is 6.26. The first-order valence-electron chi connectivity index (χ1n) is 6.26. The van der Waals surface area contributed by atoms with Gasteiger partial charge in [-0.05, 0) is 38.7 Å². The van der Waals surface area contributed by atoms with Crippen molar-refractivity contribution in [1.82, 2.24) is 14.8 Å². The lowest BCUT2D eigenvalue weighted by molar-refractivity contribution is 0.290. The normalized spacial score (nSPS) is 13.3. The number of aromatic nitrogens is 1. The Labute approximate surface area is 99.4 Å². The molecular weight excluding hydrogens is 198 g/mol. The summed E-state index contributed by atoms with van der Waals surface area (Å²) in [5.41, 5.74) is 1.36. The summed E-state index contributed by atoms with van der Waals surface area (Å²) >= 11 is 0. The summed E-state index contributed by atoms with van der Waals surface area (Å²) in [6.45, 7) is 11.1. The number of rotatable bonds is 7. The van der Waals surface area contributed by atoms with E-state index in [1.165, 1.54) is 5.56 Å². The van der Waals surface area contributed by atoms with Gasteiger partial charge < -0.3 is 14.8 Å². The first-order chi connectivity index (χ1) is 7.71. The lowest BCUT2D eigenvalue weighted by atomic mass is 10.2. The fourth-order valence-corrected chi connectivity index (χ4v) is 1.82. The monoisotopic (exact) mass is 223 g/mol. The van der Waals surface area contributed by atoms with Gasteiger partial charge in [0.25, 0.3) is 0 Å². The minimum atomic E-state index is 0.440. The molecule has 0 bridgehead atoms. The molecule has 0 saturated carbocycles. The Morgan fingerprint density at radius 3 is 2.62 bits per heavy atom. The van der Waals surface area contributed by atoms with Crippen molar-refractivity contribution in [2.75, 3.05) is 26.7 Å². The predicted molar refractivity (Wildman–Crippen MR) is 69.7 cm³/mol. The average molecular weight is 223 g/mol. The van der Waals surface area contributed by atoms with E-state index in [0.717, 1.165) is 26.2 Å². The maximum absolute atomic E-state index is 3.26. The number of hydrogen-bond donors (Lipinski definition) is 1. The summed E-state index contributed by atoms with van der Waals surface area (Å²) in [5, 5.41) is 3.26. The van der Waals surface area contributed by atoms with Crippen LogP contribution in [0.5, 0.6) is 0 Å². The Bertz CT molecular complexity index is 289. The summed E-state index contributed by atoms with van der Waals surface area (Å²) in [5.74, 6) is 0. The molecule has 1 rings (SSSR count). The maximum Gasteiger partial charge on any atom is 0.0347 e. The minimum absolute atomic E-state index is 0.440. The lowest BCUT2D eigenvalue weighted by Crippen LogP contribution is -2.26. The second-order valence-electron chi connectivity index (χ2n) is 4.22. The van der Waals surface area contributed by atoms with Crippen LogP contribution < -0.4 is 5.32 Å². The van der Waals surface area contributed by atoms with Crippen LogP contribution in [0.15, 0.2) is 18.5 Å². The molecule has 16 heavy (non-hydrogen) atoms. The molecule has 0 saturated heterocycles.